The van der Waals surface area contributed by atoms with Crippen LogP contribution in [0.15, 0.2) is 6.20 Å². The van der Waals surface area contributed by atoms with Gasteiger partial charge in [-0.25, -0.2) is 0 Å². The second-order valence-corrected chi connectivity index (χ2v) is 3.22. The van der Waals surface area contributed by atoms with Crippen LogP contribution < -0.4 is 0 Å². The van der Waals surface area contributed by atoms with E-state index in [1.54, 1.807) is 0 Å². The molecule has 5 heteroatoms. The van der Waals surface area contributed by atoms with Crippen LogP contribution in [0.3, 0.4) is 0 Å². The Labute approximate surface area is 80.5 Å². The minimum atomic E-state index is -4.28. The first-order valence-electron chi connectivity index (χ1n) is 4.65. The molecular weight excluding hydrogens is 193 g/mol. The number of nitrogens with zero attached hydrogens (tertiary/aromatic N) is 1. The van der Waals surface area contributed by atoms with Crippen molar-refractivity contribution in [3.05, 3.63) is 17.5 Å². The van der Waals surface area contributed by atoms with Gasteiger partial charge in [-0.15, -0.1) is 0 Å². The van der Waals surface area contributed by atoms with Gasteiger partial charge in [-0.3, -0.25) is 5.10 Å². The first-order chi connectivity index (χ1) is 6.55. The molecule has 0 unspecified atom stereocenters. The lowest BCUT2D eigenvalue weighted by molar-refractivity contribution is -0.138. The van der Waals surface area contributed by atoms with Crippen molar-refractivity contribution < 1.29 is 13.2 Å². The van der Waals surface area contributed by atoms with Crippen molar-refractivity contribution in [3.63, 3.8) is 0 Å². The van der Waals surface area contributed by atoms with Crippen molar-refractivity contribution in [1.29, 1.82) is 0 Å². The minimum Gasteiger partial charge on any atom is -0.282 e. The van der Waals surface area contributed by atoms with Crippen LogP contribution in [-0.4, -0.2) is 10.2 Å². The van der Waals surface area contributed by atoms with Crippen molar-refractivity contribution in [2.75, 3.05) is 0 Å². The standard InChI is InChI=1S/C9H13F3N2/c1-2-3-4-5-8-7(6-13-14-8)9(10,11)12/h6H,2-5H2,1H3,(H,13,14). The lowest BCUT2D eigenvalue weighted by atomic mass is 10.1. The van der Waals surface area contributed by atoms with Gasteiger partial charge in [-0.1, -0.05) is 19.8 Å². The van der Waals surface area contributed by atoms with Crippen LogP contribution in [0.4, 0.5) is 13.2 Å². The van der Waals surface area contributed by atoms with Gasteiger partial charge in [-0.05, 0) is 12.8 Å². The van der Waals surface area contributed by atoms with E-state index in [9.17, 15) is 13.2 Å². The minimum absolute atomic E-state index is 0.200. The van der Waals surface area contributed by atoms with Crippen LogP contribution in [0.25, 0.3) is 0 Å². The van der Waals surface area contributed by atoms with Gasteiger partial charge in [0, 0.05) is 5.69 Å². The van der Waals surface area contributed by atoms with Gasteiger partial charge in [0.15, 0.2) is 0 Å². The zero-order valence-electron chi connectivity index (χ0n) is 7.99. The summed E-state index contributed by atoms with van der Waals surface area (Å²) in [6.07, 6.45) is -0.313. The SMILES string of the molecule is CCCCCc1[nH]ncc1C(F)(F)F. The number of aromatic amines is 1. The lowest BCUT2D eigenvalue weighted by Crippen LogP contribution is -2.07. The van der Waals surface area contributed by atoms with E-state index >= 15 is 0 Å². The Morgan fingerprint density at radius 2 is 2.07 bits per heavy atom. The smallest absolute Gasteiger partial charge is 0.282 e. The molecule has 1 aromatic heterocycles. The van der Waals surface area contributed by atoms with E-state index in [1.165, 1.54) is 0 Å². The van der Waals surface area contributed by atoms with E-state index in [2.05, 4.69) is 10.2 Å². The van der Waals surface area contributed by atoms with E-state index in [0.717, 1.165) is 25.5 Å². The molecular formula is C9H13F3N2. The molecule has 0 aliphatic rings. The van der Waals surface area contributed by atoms with Gasteiger partial charge in [0.05, 0.1) is 11.8 Å². The highest BCUT2D eigenvalue weighted by Gasteiger charge is 2.34. The summed E-state index contributed by atoms with van der Waals surface area (Å²) in [5, 5.41) is 5.82. The summed E-state index contributed by atoms with van der Waals surface area (Å²) in [4.78, 5) is 0. The molecule has 0 aliphatic heterocycles. The van der Waals surface area contributed by atoms with Gasteiger partial charge in [0.2, 0.25) is 0 Å². The highest BCUT2D eigenvalue weighted by atomic mass is 19.4. The van der Waals surface area contributed by atoms with Gasteiger partial charge < -0.3 is 0 Å². The number of unbranched alkanes of at least 4 members (excludes halogenated alkanes) is 2. The molecule has 14 heavy (non-hydrogen) atoms. The summed E-state index contributed by atoms with van der Waals surface area (Å²) in [7, 11) is 0. The Bertz CT molecular complexity index is 278. The molecule has 0 amide bonds. The van der Waals surface area contributed by atoms with Crippen LogP contribution in [0.1, 0.15) is 37.4 Å². The zero-order chi connectivity index (χ0) is 10.6. The van der Waals surface area contributed by atoms with Crippen molar-refractivity contribution in [2.45, 2.75) is 38.8 Å². The summed E-state index contributed by atoms with van der Waals surface area (Å²) in [6.45, 7) is 2.01. The largest absolute Gasteiger partial charge is 0.419 e. The summed E-state index contributed by atoms with van der Waals surface area (Å²) >= 11 is 0. The predicted molar refractivity (Wildman–Crippen MR) is 46.8 cm³/mol. The fourth-order valence-corrected chi connectivity index (χ4v) is 1.30. The summed E-state index contributed by atoms with van der Waals surface area (Å²) in [5.41, 5.74) is -0.431. The summed E-state index contributed by atoms with van der Waals surface area (Å²) < 4.78 is 37.0. The molecule has 1 heterocycles. The Hall–Kier alpha value is -1.00. The topological polar surface area (TPSA) is 28.7 Å². The molecule has 0 bridgehead atoms. The average Bonchev–Trinajstić information content (AvgIpc) is 2.52. The number of rotatable bonds is 4. The van der Waals surface area contributed by atoms with Gasteiger partial charge >= 0.3 is 6.18 Å². The van der Waals surface area contributed by atoms with E-state index < -0.39 is 11.7 Å². The fourth-order valence-electron chi connectivity index (χ4n) is 1.30. The molecule has 80 valence electrons. The Morgan fingerprint density at radius 3 is 2.64 bits per heavy atom. The molecule has 0 saturated heterocycles. The predicted octanol–water partition coefficient (Wildman–Crippen LogP) is 3.16. The van der Waals surface area contributed by atoms with Crippen LogP contribution in [0.5, 0.6) is 0 Å². The number of H-pyrrole nitrogens is 1. The number of aryl methyl sites for hydroxylation is 1. The van der Waals surface area contributed by atoms with Gasteiger partial charge in [0.1, 0.15) is 0 Å². The third kappa shape index (κ3) is 2.75. The molecule has 1 N–H and O–H groups in total. The van der Waals surface area contributed by atoms with E-state index in [1.807, 2.05) is 6.92 Å². The van der Waals surface area contributed by atoms with Crippen molar-refractivity contribution in [1.82, 2.24) is 10.2 Å². The third-order valence-corrected chi connectivity index (χ3v) is 2.05. The maximum Gasteiger partial charge on any atom is 0.419 e. The Balaban J connectivity index is 2.63. The van der Waals surface area contributed by atoms with Crippen LogP contribution in [0.2, 0.25) is 0 Å². The molecule has 0 aliphatic carbocycles. The molecule has 0 fully saturated rings. The number of hydrogen-bond donors (Lipinski definition) is 1. The third-order valence-electron chi connectivity index (χ3n) is 2.05. The summed E-state index contributed by atoms with van der Waals surface area (Å²) in [5.74, 6) is 0. The van der Waals surface area contributed by atoms with Crippen LogP contribution >= 0.6 is 0 Å². The van der Waals surface area contributed by atoms with Gasteiger partial charge in [-0.2, -0.15) is 18.3 Å². The maximum atomic E-state index is 12.3. The van der Waals surface area contributed by atoms with Crippen molar-refractivity contribution >= 4 is 0 Å². The second-order valence-electron chi connectivity index (χ2n) is 3.22. The van der Waals surface area contributed by atoms with E-state index in [-0.39, 0.29) is 5.69 Å². The highest BCUT2D eigenvalue weighted by molar-refractivity contribution is 5.19. The lowest BCUT2D eigenvalue weighted by Gasteiger charge is -2.06. The maximum absolute atomic E-state index is 12.3. The number of alkyl halides is 3. The van der Waals surface area contributed by atoms with Crippen molar-refractivity contribution in [2.24, 2.45) is 0 Å². The van der Waals surface area contributed by atoms with Crippen molar-refractivity contribution in [3.8, 4) is 0 Å². The molecule has 1 aromatic rings. The van der Waals surface area contributed by atoms with E-state index in [4.69, 9.17) is 0 Å². The molecule has 2 nitrogen and oxygen atoms in total. The Morgan fingerprint density at radius 1 is 1.36 bits per heavy atom. The quantitative estimate of drug-likeness (QED) is 0.753. The molecule has 0 saturated carbocycles. The van der Waals surface area contributed by atoms with E-state index in [0.29, 0.717) is 6.42 Å². The average molecular weight is 206 g/mol. The first-order valence-corrected chi connectivity index (χ1v) is 4.65. The first kappa shape index (κ1) is 11.1. The highest BCUT2D eigenvalue weighted by Crippen LogP contribution is 2.31. The molecule has 1 rings (SSSR count). The molecule has 0 spiro atoms. The second kappa shape index (κ2) is 4.48. The van der Waals surface area contributed by atoms with Crippen LogP contribution in [0, 0.1) is 0 Å². The Kier molecular flexibility index (Phi) is 3.55. The number of hydrogen-bond acceptors (Lipinski definition) is 1. The fraction of sp³-hybridized carbons (Fsp3) is 0.667. The number of halogens is 3. The molecule has 0 atom stereocenters. The normalized spacial score (nSPS) is 12.0. The molecule has 0 aromatic carbocycles. The number of aromatic nitrogens is 2. The number of nitrogens with one attached hydrogen (secondary N) is 1. The zero-order valence-corrected chi connectivity index (χ0v) is 7.99. The molecule has 0 radical (unpaired) electrons. The monoisotopic (exact) mass is 206 g/mol. The van der Waals surface area contributed by atoms with Gasteiger partial charge in [0.25, 0.3) is 0 Å². The van der Waals surface area contributed by atoms with Crippen LogP contribution in [-0.2, 0) is 12.6 Å². The summed E-state index contributed by atoms with van der Waals surface area (Å²) in [6, 6.07) is 0.